The van der Waals surface area contributed by atoms with E-state index in [0.717, 1.165) is 38.2 Å². The summed E-state index contributed by atoms with van der Waals surface area (Å²) >= 11 is 0. The zero-order chi connectivity index (χ0) is 24.1. The highest BCUT2D eigenvalue weighted by molar-refractivity contribution is 6.07. The fourth-order valence-electron chi connectivity index (χ4n) is 4.04. The molecule has 1 amide bonds. The number of ether oxygens (including phenoxy) is 1. The molecule has 1 saturated heterocycles. The topological polar surface area (TPSA) is 93.4 Å². The molecule has 0 unspecified atom stereocenters. The third kappa shape index (κ3) is 5.74. The highest BCUT2D eigenvalue weighted by Gasteiger charge is 2.29. The van der Waals surface area contributed by atoms with E-state index in [4.69, 9.17) is 10.5 Å². The van der Waals surface area contributed by atoms with Crippen molar-refractivity contribution in [3.05, 3.63) is 59.4 Å². The molecule has 2 aromatic carbocycles. The van der Waals surface area contributed by atoms with Gasteiger partial charge in [0.15, 0.2) is 0 Å². The van der Waals surface area contributed by atoms with Gasteiger partial charge in [-0.05, 0) is 62.2 Å². The number of carbonyl (C=O) groups is 1. The quantitative estimate of drug-likeness (QED) is 0.452. The fourth-order valence-corrected chi connectivity index (χ4v) is 4.04. The van der Waals surface area contributed by atoms with E-state index in [1.54, 1.807) is 12.1 Å². The Morgan fingerprint density at radius 3 is 2.53 bits per heavy atom. The van der Waals surface area contributed by atoms with Crippen molar-refractivity contribution in [2.75, 3.05) is 31.6 Å². The number of hydrogen-bond donors (Lipinski definition) is 2. The Kier molecular flexibility index (Phi) is 7.16. The van der Waals surface area contributed by atoms with Crippen molar-refractivity contribution in [3.8, 4) is 5.75 Å². The Labute approximate surface area is 195 Å². The van der Waals surface area contributed by atoms with Crippen molar-refractivity contribution in [1.29, 1.82) is 0 Å². The maximum Gasteiger partial charge on any atom is 0.416 e. The molecule has 3 aromatic rings. The van der Waals surface area contributed by atoms with Gasteiger partial charge in [0.25, 0.3) is 5.91 Å². The molecular formula is C24H26F3N5O2. The molecular weight excluding hydrogens is 447 g/mol. The zero-order valence-corrected chi connectivity index (χ0v) is 18.6. The number of carbonyl (C=O) groups excluding carboxylic acids is 1. The van der Waals surface area contributed by atoms with Crippen molar-refractivity contribution in [3.63, 3.8) is 0 Å². The fraction of sp³-hybridized carbons (Fsp3) is 0.375. The normalized spacial score (nSPS) is 14.4. The molecule has 34 heavy (non-hydrogen) atoms. The SMILES string of the molecule is NC(=O)c1cc(OCCCN2CCCC2)cc2c(NCc3ccc(C(F)(F)F)cc3)ncnc12. The molecule has 4 rings (SSSR count). The second-order valence-corrected chi connectivity index (χ2v) is 8.25. The number of likely N-dealkylation sites (tertiary alicyclic amines) is 1. The first-order valence-electron chi connectivity index (χ1n) is 11.1. The van der Waals surface area contributed by atoms with Crippen LogP contribution in [-0.2, 0) is 12.7 Å². The van der Waals surface area contributed by atoms with Gasteiger partial charge in [0.2, 0.25) is 0 Å². The van der Waals surface area contributed by atoms with Gasteiger partial charge >= 0.3 is 6.18 Å². The minimum Gasteiger partial charge on any atom is -0.493 e. The molecule has 1 aliphatic heterocycles. The van der Waals surface area contributed by atoms with Crippen molar-refractivity contribution < 1.29 is 22.7 Å². The van der Waals surface area contributed by atoms with E-state index in [1.165, 1.54) is 31.3 Å². The molecule has 2 heterocycles. The van der Waals surface area contributed by atoms with Gasteiger partial charge in [-0.2, -0.15) is 13.2 Å². The molecule has 180 valence electrons. The van der Waals surface area contributed by atoms with Gasteiger partial charge in [0.05, 0.1) is 23.3 Å². The third-order valence-electron chi connectivity index (χ3n) is 5.80. The largest absolute Gasteiger partial charge is 0.493 e. The molecule has 1 fully saturated rings. The van der Waals surface area contributed by atoms with Crippen LogP contribution in [0.5, 0.6) is 5.75 Å². The molecule has 0 radical (unpaired) electrons. The number of benzene rings is 2. The predicted molar refractivity (Wildman–Crippen MR) is 123 cm³/mol. The van der Waals surface area contributed by atoms with E-state index in [0.29, 0.717) is 34.6 Å². The number of primary amides is 1. The smallest absolute Gasteiger partial charge is 0.416 e. The molecule has 0 aliphatic carbocycles. The number of nitrogens with one attached hydrogen (secondary N) is 1. The second kappa shape index (κ2) is 10.3. The summed E-state index contributed by atoms with van der Waals surface area (Å²) in [5.74, 6) is 0.268. The lowest BCUT2D eigenvalue weighted by molar-refractivity contribution is -0.137. The Morgan fingerprint density at radius 1 is 1.12 bits per heavy atom. The summed E-state index contributed by atoms with van der Waals surface area (Å²) in [6.07, 6.45) is 0.241. The number of alkyl halides is 3. The Hall–Kier alpha value is -3.40. The van der Waals surface area contributed by atoms with Crippen LogP contribution in [0.3, 0.4) is 0 Å². The number of fused-ring (bicyclic) bond motifs is 1. The monoisotopic (exact) mass is 473 g/mol. The van der Waals surface area contributed by atoms with E-state index in [9.17, 15) is 18.0 Å². The average molecular weight is 473 g/mol. The van der Waals surface area contributed by atoms with Crippen LogP contribution in [0.1, 0.15) is 40.7 Å². The van der Waals surface area contributed by atoms with Gasteiger partial charge in [-0.25, -0.2) is 9.97 Å². The molecule has 0 spiro atoms. The third-order valence-corrected chi connectivity index (χ3v) is 5.80. The van der Waals surface area contributed by atoms with Crippen LogP contribution in [0.15, 0.2) is 42.7 Å². The number of hydrogen-bond acceptors (Lipinski definition) is 6. The number of amides is 1. The van der Waals surface area contributed by atoms with E-state index < -0.39 is 17.6 Å². The first-order valence-corrected chi connectivity index (χ1v) is 11.1. The van der Waals surface area contributed by atoms with E-state index in [-0.39, 0.29) is 12.1 Å². The predicted octanol–water partition coefficient (Wildman–Crippen LogP) is 4.22. The van der Waals surface area contributed by atoms with Crippen LogP contribution in [0.4, 0.5) is 19.0 Å². The number of rotatable bonds is 9. The second-order valence-electron chi connectivity index (χ2n) is 8.25. The van der Waals surface area contributed by atoms with Crippen LogP contribution in [-0.4, -0.2) is 47.0 Å². The number of nitrogens with two attached hydrogens (primary N) is 1. The van der Waals surface area contributed by atoms with Gasteiger partial charge in [-0.15, -0.1) is 0 Å². The van der Waals surface area contributed by atoms with Crippen LogP contribution < -0.4 is 15.8 Å². The van der Waals surface area contributed by atoms with E-state index in [1.807, 2.05) is 0 Å². The highest BCUT2D eigenvalue weighted by Crippen LogP contribution is 2.30. The number of anilines is 1. The maximum atomic E-state index is 12.8. The summed E-state index contributed by atoms with van der Waals surface area (Å²) in [5, 5.41) is 3.66. The Balaban J connectivity index is 1.50. The van der Waals surface area contributed by atoms with Crippen molar-refractivity contribution in [2.45, 2.75) is 32.0 Å². The first-order chi connectivity index (χ1) is 16.3. The van der Waals surface area contributed by atoms with Gasteiger partial charge in [0, 0.05) is 18.5 Å². The van der Waals surface area contributed by atoms with Crippen LogP contribution in [0, 0.1) is 0 Å². The Bertz CT molecular complexity index is 1150. The Morgan fingerprint density at radius 2 is 1.85 bits per heavy atom. The standard InChI is InChI=1S/C24H26F3N5O2/c25-24(26,27)17-6-4-16(5-7-17)14-29-23-20-13-18(34-11-3-10-32-8-1-2-9-32)12-19(22(28)33)21(20)30-15-31-23/h4-7,12-13,15H,1-3,8-11,14H2,(H2,28,33)(H,29,30,31). The summed E-state index contributed by atoms with van der Waals surface area (Å²) in [4.78, 5) is 22.9. The lowest BCUT2D eigenvalue weighted by atomic mass is 10.1. The molecule has 3 N–H and O–H groups in total. The number of aromatic nitrogens is 2. The summed E-state index contributed by atoms with van der Waals surface area (Å²) < 4.78 is 44.3. The van der Waals surface area contributed by atoms with Gasteiger partial charge in [-0.3, -0.25) is 4.79 Å². The van der Waals surface area contributed by atoms with Gasteiger partial charge < -0.3 is 20.7 Å². The summed E-state index contributed by atoms with van der Waals surface area (Å²) in [5.41, 5.74) is 6.10. The van der Waals surface area contributed by atoms with E-state index >= 15 is 0 Å². The molecule has 1 aromatic heterocycles. The van der Waals surface area contributed by atoms with Crippen molar-refractivity contribution in [1.82, 2.24) is 14.9 Å². The molecule has 0 atom stereocenters. The lowest BCUT2D eigenvalue weighted by Gasteiger charge is -2.15. The highest BCUT2D eigenvalue weighted by atomic mass is 19.4. The van der Waals surface area contributed by atoms with Crippen LogP contribution in [0.2, 0.25) is 0 Å². The summed E-state index contributed by atoms with van der Waals surface area (Å²) in [7, 11) is 0. The number of halogens is 3. The van der Waals surface area contributed by atoms with Gasteiger partial charge in [0.1, 0.15) is 17.9 Å². The molecule has 10 heteroatoms. The minimum absolute atomic E-state index is 0.215. The van der Waals surface area contributed by atoms with Gasteiger partial charge in [-0.1, -0.05) is 12.1 Å². The molecule has 1 aliphatic rings. The molecule has 0 saturated carbocycles. The molecule has 0 bridgehead atoms. The van der Waals surface area contributed by atoms with E-state index in [2.05, 4.69) is 20.2 Å². The van der Waals surface area contributed by atoms with Crippen molar-refractivity contribution in [2.24, 2.45) is 5.73 Å². The first kappa shape index (κ1) is 23.7. The van der Waals surface area contributed by atoms with Crippen LogP contribution in [0.25, 0.3) is 10.9 Å². The average Bonchev–Trinajstić information content (AvgIpc) is 3.33. The summed E-state index contributed by atoms with van der Waals surface area (Å²) in [6, 6.07) is 8.20. The van der Waals surface area contributed by atoms with Crippen LogP contribution >= 0.6 is 0 Å². The summed E-state index contributed by atoms with van der Waals surface area (Å²) in [6.45, 7) is 3.92. The van der Waals surface area contributed by atoms with Crippen molar-refractivity contribution >= 4 is 22.6 Å². The zero-order valence-electron chi connectivity index (χ0n) is 18.6. The minimum atomic E-state index is -4.38. The lowest BCUT2D eigenvalue weighted by Crippen LogP contribution is -2.22. The molecule has 7 nitrogen and oxygen atoms in total. The maximum absolute atomic E-state index is 12.8. The number of nitrogens with zero attached hydrogens (tertiary/aromatic N) is 3.